The van der Waals surface area contributed by atoms with E-state index in [0.717, 1.165) is 57.6 Å². The number of pyridine rings is 3. The normalized spacial score (nSPS) is 12.7. The molecule has 0 saturated heterocycles. The van der Waals surface area contributed by atoms with Gasteiger partial charge in [-0.1, -0.05) is 20.3 Å². The van der Waals surface area contributed by atoms with Crippen molar-refractivity contribution in [1.82, 2.24) is 19.9 Å². The second-order valence-corrected chi connectivity index (χ2v) is 11.1. The largest absolute Gasteiger partial charge is 0.497 e. The number of fused-ring (bicyclic) bond motifs is 2. The van der Waals surface area contributed by atoms with E-state index in [0.29, 0.717) is 34.7 Å². The van der Waals surface area contributed by atoms with Gasteiger partial charge in [-0.15, -0.1) is 11.3 Å². The highest BCUT2D eigenvalue weighted by atomic mass is 32.1. The van der Waals surface area contributed by atoms with Crippen LogP contribution in [0.5, 0.6) is 23.1 Å². The summed E-state index contributed by atoms with van der Waals surface area (Å²) < 4.78 is 21.3. The molecule has 6 rings (SSSR count). The van der Waals surface area contributed by atoms with Crippen LogP contribution in [0.3, 0.4) is 0 Å². The Morgan fingerprint density at radius 2 is 1.64 bits per heavy atom. The lowest BCUT2D eigenvalue weighted by molar-refractivity contribution is -0.117. The Bertz CT molecular complexity index is 1740. The van der Waals surface area contributed by atoms with Gasteiger partial charge in [0.2, 0.25) is 11.8 Å². The molecule has 1 fully saturated rings. The summed E-state index contributed by atoms with van der Waals surface area (Å²) in [5.41, 5.74) is 3.80. The van der Waals surface area contributed by atoms with Gasteiger partial charge < -0.3 is 24.3 Å². The fraction of sp³-hybridized carbons (Fsp3) is 0.364. The van der Waals surface area contributed by atoms with E-state index < -0.39 is 0 Å². The molecule has 232 valence electrons. The predicted octanol–water partition coefficient (Wildman–Crippen LogP) is 7.49. The van der Waals surface area contributed by atoms with Crippen LogP contribution in [0.15, 0.2) is 48.0 Å². The first-order valence-electron chi connectivity index (χ1n) is 14.0. The number of amides is 1. The quantitative estimate of drug-likeness (QED) is 0.189. The molecule has 0 unspecified atom stereocenters. The number of carbonyl (C=O) groups excluding carboxylic acids is 1. The molecule has 44 heavy (non-hydrogen) atoms. The number of thiazole rings is 1. The number of nitrogens with one attached hydrogen (secondary N) is 1. The van der Waals surface area contributed by atoms with Crippen molar-refractivity contribution >= 4 is 44.2 Å². The second kappa shape index (κ2) is 14.8. The Balaban J connectivity index is 0.000000234. The van der Waals surface area contributed by atoms with Gasteiger partial charge >= 0.3 is 0 Å². The molecule has 11 heteroatoms. The minimum atomic E-state index is 0. The van der Waals surface area contributed by atoms with Crippen molar-refractivity contribution in [2.45, 2.75) is 46.5 Å². The first-order valence-corrected chi connectivity index (χ1v) is 14.9. The fourth-order valence-electron chi connectivity index (χ4n) is 5.24. The van der Waals surface area contributed by atoms with Gasteiger partial charge in [0.1, 0.15) is 28.5 Å². The summed E-state index contributed by atoms with van der Waals surface area (Å²) >= 11 is 1.41. The van der Waals surface area contributed by atoms with Crippen molar-refractivity contribution in [3.63, 3.8) is 0 Å². The molecule has 1 aliphatic rings. The summed E-state index contributed by atoms with van der Waals surface area (Å²) in [6, 6.07) is 11.3. The van der Waals surface area contributed by atoms with E-state index in [9.17, 15) is 4.79 Å². The van der Waals surface area contributed by atoms with Gasteiger partial charge in [-0.3, -0.25) is 4.79 Å². The first kappa shape index (κ1) is 32.4. The monoisotopic (exact) mass is 617 g/mol. The van der Waals surface area contributed by atoms with Gasteiger partial charge in [0.25, 0.3) is 0 Å². The molecule has 5 aromatic rings. The van der Waals surface area contributed by atoms with Gasteiger partial charge in [-0.25, -0.2) is 19.9 Å². The lowest BCUT2D eigenvalue weighted by Gasteiger charge is -2.09. The Labute approximate surface area is 261 Å². The minimum absolute atomic E-state index is 0. The molecular weight excluding hydrogens is 578 g/mol. The SMILES string of the molecule is C.COc1cc(C)nc2c(OC)nccc12.COc1ccc2c(OC)cc(-c3csc(NC(=O)CC4CCCC4)n3)nc2c1. The summed E-state index contributed by atoms with van der Waals surface area (Å²) in [5.74, 6) is 3.33. The van der Waals surface area contributed by atoms with Crippen LogP contribution in [0.25, 0.3) is 33.2 Å². The molecule has 1 saturated carbocycles. The van der Waals surface area contributed by atoms with Crippen LogP contribution in [-0.4, -0.2) is 54.3 Å². The Morgan fingerprint density at radius 1 is 0.886 bits per heavy atom. The van der Waals surface area contributed by atoms with Crippen LogP contribution in [0.4, 0.5) is 5.13 Å². The van der Waals surface area contributed by atoms with Crippen LogP contribution in [0, 0.1) is 12.8 Å². The number of hydrogen-bond donors (Lipinski definition) is 1. The molecule has 10 nitrogen and oxygen atoms in total. The molecule has 0 atom stereocenters. The van der Waals surface area contributed by atoms with Crippen molar-refractivity contribution < 1.29 is 23.7 Å². The number of anilines is 1. The summed E-state index contributed by atoms with van der Waals surface area (Å²) in [6.07, 6.45) is 7.04. The number of rotatable bonds is 8. The molecule has 1 aliphatic carbocycles. The number of methoxy groups -OCH3 is 4. The van der Waals surface area contributed by atoms with E-state index in [1.165, 1.54) is 24.2 Å². The maximum Gasteiger partial charge on any atom is 0.240 e. The Hall–Kier alpha value is -4.51. The molecule has 0 radical (unpaired) electrons. The molecule has 1 N–H and O–H groups in total. The first-order chi connectivity index (χ1) is 20.9. The lowest BCUT2D eigenvalue weighted by atomic mass is 10.0. The number of aryl methyl sites for hydroxylation is 1. The zero-order valence-corrected chi connectivity index (χ0v) is 25.8. The zero-order chi connectivity index (χ0) is 30.3. The fourth-order valence-corrected chi connectivity index (χ4v) is 5.96. The lowest BCUT2D eigenvalue weighted by Crippen LogP contribution is -2.14. The molecule has 0 aliphatic heterocycles. The topological polar surface area (TPSA) is 118 Å². The van der Waals surface area contributed by atoms with Crippen molar-refractivity contribution in [3.8, 4) is 34.5 Å². The number of carbonyl (C=O) groups is 1. The van der Waals surface area contributed by atoms with E-state index in [-0.39, 0.29) is 13.3 Å². The number of hydrogen-bond acceptors (Lipinski definition) is 10. The molecule has 4 heterocycles. The van der Waals surface area contributed by atoms with E-state index in [1.807, 2.05) is 48.7 Å². The number of aromatic nitrogens is 4. The third-order valence-electron chi connectivity index (χ3n) is 7.36. The Morgan fingerprint density at radius 3 is 2.34 bits per heavy atom. The molecule has 4 aromatic heterocycles. The van der Waals surface area contributed by atoms with Crippen molar-refractivity contribution in [1.29, 1.82) is 0 Å². The van der Waals surface area contributed by atoms with Gasteiger partial charge in [-0.05, 0) is 43.9 Å². The highest BCUT2D eigenvalue weighted by Gasteiger charge is 2.19. The van der Waals surface area contributed by atoms with Gasteiger partial charge in [-0.2, -0.15) is 0 Å². The third-order valence-corrected chi connectivity index (χ3v) is 8.12. The maximum atomic E-state index is 12.3. The van der Waals surface area contributed by atoms with E-state index in [2.05, 4.69) is 20.3 Å². The number of benzene rings is 1. The third kappa shape index (κ3) is 7.34. The molecule has 1 amide bonds. The summed E-state index contributed by atoms with van der Waals surface area (Å²) in [6.45, 7) is 1.91. The predicted molar refractivity (Wildman–Crippen MR) is 175 cm³/mol. The highest BCUT2D eigenvalue weighted by molar-refractivity contribution is 7.14. The average Bonchev–Trinajstić information content (AvgIpc) is 3.72. The summed E-state index contributed by atoms with van der Waals surface area (Å²) in [4.78, 5) is 30.0. The molecule has 0 bridgehead atoms. The van der Waals surface area contributed by atoms with Crippen LogP contribution in [0.1, 0.15) is 45.2 Å². The smallest absolute Gasteiger partial charge is 0.240 e. The molecular formula is C33H39N5O5S. The minimum Gasteiger partial charge on any atom is -0.497 e. The number of nitrogens with zero attached hydrogens (tertiary/aromatic N) is 4. The van der Waals surface area contributed by atoms with Crippen molar-refractivity contribution in [2.75, 3.05) is 33.8 Å². The zero-order valence-electron chi connectivity index (χ0n) is 25.0. The van der Waals surface area contributed by atoms with Crippen LogP contribution in [-0.2, 0) is 4.79 Å². The second-order valence-electron chi connectivity index (χ2n) is 10.2. The van der Waals surface area contributed by atoms with E-state index >= 15 is 0 Å². The van der Waals surface area contributed by atoms with Gasteiger partial charge in [0.15, 0.2) is 5.13 Å². The highest BCUT2D eigenvalue weighted by Crippen LogP contribution is 2.34. The summed E-state index contributed by atoms with van der Waals surface area (Å²) in [5, 5.41) is 7.26. The van der Waals surface area contributed by atoms with Gasteiger partial charge in [0.05, 0.1) is 39.6 Å². The number of ether oxygens (including phenoxy) is 4. The molecule has 1 aromatic carbocycles. The van der Waals surface area contributed by atoms with Crippen molar-refractivity contribution in [2.24, 2.45) is 5.92 Å². The van der Waals surface area contributed by atoms with Crippen LogP contribution < -0.4 is 24.3 Å². The van der Waals surface area contributed by atoms with E-state index in [4.69, 9.17) is 23.9 Å². The Kier molecular flexibility index (Phi) is 10.9. The van der Waals surface area contributed by atoms with Crippen LogP contribution >= 0.6 is 11.3 Å². The van der Waals surface area contributed by atoms with Crippen molar-refractivity contribution in [3.05, 3.63) is 53.7 Å². The standard InChI is InChI=1S/C21H23N3O3S.C11H12N2O2.CH4/c1-26-14-7-8-15-16(10-14)22-17(11-19(15)27-2)18-12-28-21(23-18)24-20(25)9-13-5-3-4-6-13;1-7-6-9(14-2)8-4-5-12-11(15-3)10(8)13-7;/h7-8,10-13H,3-6,9H2,1-2H3,(H,23,24,25);4-6H,1-3H3;1H4. The van der Waals surface area contributed by atoms with E-state index in [1.54, 1.807) is 34.6 Å². The van der Waals surface area contributed by atoms with Crippen LogP contribution in [0.2, 0.25) is 0 Å². The summed E-state index contributed by atoms with van der Waals surface area (Å²) in [7, 11) is 6.49. The maximum absolute atomic E-state index is 12.3. The molecule has 0 spiro atoms. The average molecular weight is 618 g/mol. The van der Waals surface area contributed by atoms with Gasteiger partial charge in [0, 0.05) is 52.7 Å².